The van der Waals surface area contributed by atoms with Gasteiger partial charge < -0.3 is 23.8 Å². The van der Waals surface area contributed by atoms with Crippen LogP contribution in [0.4, 0.5) is 0 Å². The molecule has 0 saturated carbocycles. The zero-order valence-electron chi connectivity index (χ0n) is 19.1. The lowest BCUT2D eigenvalue weighted by Gasteiger charge is -2.27. The Labute approximate surface area is 204 Å². The van der Waals surface area contributed by atoms with E-state index in [1.165, 1.54) is 0 Å². The number of nitrogens with zero attached hydrogens (tertiary/aromatic N) is 2. The largest absolute Gasteiger partial charge is 0.497 e. The number of oxime groups is 1. The molecule has 1 aromatic heterocycles. The van der Waals surface area contributed by atoms with E-state index in [0.29, 0.717) is 37.7 Å². The zero-order valence-corrected chi connectivity index (χ0v) is 19.9. The molecule has 0 aliphatic carbocycles. The van der Waals surface area contributed by atoms with Crippen LogP contribution in [-0.4, -0.2) is 54.7 Å². The molecule has 2 aromatic carbocycles. The van der Waals surface area contributed by atoms with Crippen LogP contribution < -0.4 is 4.74 Å². The van der Waals surface area contributed by atoms with Crippen molar-refractivity contribution in [3.05, 3.63) is 88.8 Å². The molecule has 0 unspecified atom stereocenters. The lowest BCUT2D eigenvalue weighted by molar-refractivity contribution is -0.00955. The van der Waals surface area contributed by atoms with E-state index in [4.69, 9.17) is 30.3 Å². The van der Waals surface area contributed by atoms with Crippen molar-refractivity contribution in [3.63, 3.8) is 0 Å². The Balaban J connectivity index is 1.34. The highest BCUT2D eigenvalue weighted by molar-refractivity contribution is 6.30. The summed E-state index contributed by atoms with van der Waals surface area (Å²) >= 11 is 6.18. The number of methoxy groups -OCH3 is 1. The number of ether oxygens (including phenoxy) is 2. The highest BCUT2D eigenvalue weighted by Gasteiger charge is 2.26. The number of benzene rings is 2. The van der Waals surface area contributed by atoms with Gasteiger partial charge in [0.25, 0.3) is 0 Å². The lowest BCUT2D eigenvalue weighted by Crippen LogP contribution is -2.39. The molecule has 7 nitrogen and oxygen atoms in total. The summed E-state index contributed by atoms with van der Waals surface area (Å²) in [5.41, 5.74) is 2.97. The monoisotopic (exact) mass is 484 g/mol. The predicted molar refractivity (Wildman–Crippen MR) is 130 cm³/mol. The first-order chi connectivity index (χ1) is 16.6. The number of furan rings is 1. The molecule has 0 fully saturated rings. The van der Waals surface area contributed by atoms with Gasteiger partial charge in [0.05, 0.1) is 31.8 Å². The van der Waals surface area contributed by atoms with E-state index in [-0.39, 0.29) is 12.7 Å². The molecule has 1 N–H and O–H groups in total. The molecule has 1 aliphatic rings. The van der Waals surface area contributed by atoms with Gasteiger partial charge in [0.15, 0.2) is 0 Å². The van der Waals surface area contributed by atoms with Gasteiger partial charge in [-0.05, 0) is 59.7 Å². The fourth-order valence-electron chi connectivity index (χ4n) is 3.91. The van der Waals surface area contributed by atoms with E-state index >= 15 is 0 Å². The first-order valence-electron chi connectivity index (χ1n) is 11.2. The Morgan fingerprint density at radius 1 is 1.18 bits per heavy atom. The lowest BCUT2D eigenvalue weighted by atomic mass is 10.0. The second kappa shape index (κ2) is 12.0. The maximum absolute atomic E-state index is 10.6. The van der Waals surface area contributed by atoms with E-state index < -0.39 is 6.10 Å². The topological polar surface area (TPSA) is 76.7 Å². The minimum Gasteiger partial charge on any atom is -0.497 e. The van der Waals surface area contributed by atoms with Gasteiger partial charge in [-0.1, -0.05) is 28.9 Å². The zero-order chi connectivity index (χ0) is 23.8. The molecule has 0 amide bonds. The Morgan fingerprint density at radius 3 is 2.76 bits per heavy atom. The van der Waals surface area contributed by atoms with Crippen LogP contribution in [0.1, 0.15) is 23.3 Å². The molecular formula is C26H29ClN2O5. The molecule has 0 saturated heterocycles. The Bertz CT molecular complexity index is 1060. The van der Waals surface area contributed by atoms with Crippen LogP contribution >= 0.6 is 11.6 Å². The smallest absolute Gasteiger partial charge is 0.145 e. The summed E-state index contributed by atoms with van der Waals surface area (Å²) < 4.78 is 16.1. The molecule has 180 valence electrons. The van der Waals surface area contributed by atoms with Crippen molar-refractivity contribution in [1.82, 2.24) is 4.90 Å². The van der Waals surface area contributed by atoms with Crippen molar-refractivity contribution in [2.45, 2.75) is 31.8 Å². The van der Waals surface area contributed by atoms with Gasteiger partial charge in [-0.2, -0.15) is 0 Å². The van der Waals surface area contributed by atoms with E-state index in [2.05, 4.69) is 10.1 Å². The predicted octanol–water partition coefficient (Wildman–Crippen LogP) is 4.51. The summed E-state index contributed by atoms with van der Waals surface area (Å²) in [4.78, 5) is 7.89. The molecule has 2 heterocycles. The summed E-state index contributed by atoms with van der Waals surface area (Å²) in [6.45, 7) is 2.16. The fourth-order valence-corrected chi connectivity index (χ4v) is 4.12. The van der Waals surface area contributed by atoms with Crippen molar-refractivity contribution in [2.75, 3.05) is 26.8 Å². The molecule has 0 spiro atoms. The average Bonchev–Trinajstić information content (AvgIpc) is 3.51. The number of rotatable bonds is 12. The van der Waals surface area contributed by atoms with Crippen LogP contribution in [-0.2, 0) is 22.7 Å². The van der Waals surface area contributed by atoms with Gasteiger partial charge in [0, 0.05) is 31.1 Å². The Morgan fingerprint density at radius 2 is 2.03 bits per heavy atom. The average molecular weight is 485 g/mol. The second-order valence-corrected chi connectivity index (χ2v) is 8.71. The maximum atomic E-state index is 10.6. The van der Waals surface area contributed by atoms with Crippen molar-refractivity contribution >= 4 is 17.3 Å². The molecule has 8 heteroatoms. The van der Waals surface area contributed by atoms with E-state index in [9.17, 15) is 5.11 Å². The Kier molecular flexibility index (Phi) is 8.60. The van der Waals surface area contributed by atoms with Gasteiger partial charge in [0.1, 0.15) is 24.2 Å². The molecule has 1 aliphatic heterocycles. The number of halogens is 1. The van der Waals surface area contributed by atoms with Crippen LogP contribution in [0.2, 0.25) is 5.02 Å². The summed E-state index contributed by atoms with van der Waals surface area (Å²) in [5.74, 6) is 1.53. The number of aliphatic hydroxyl groups excluding tert-OH is 1. The van der Waals surface area contributed by atoms with Gasteiger partial charge in [-0.15, -0.1) is 0 Å². The van der Waals surface area contributed by atoms with Crippen molar-refractivity contribution < 1.29 is 23.8 Å². The van der Waals surface area contributed by atoms with Crippen LogP contribution in [0.15, 0.2) is 76.5 Å². The summed E-state index contributed by atoms with van der Waals surface area (Å²) in [6, 6.07) is 19.2. The normalized spacial score (nSPS) is 16.4. The SMILES string of the molecule is COc1ccc(C2=NO[C@H](CN(Cc3cccc(Cl)c3)C[C@@H](O)COCc3ccco3)C2)cc1. The molecule has 3 aromatic rings. The van der Waals surface area contributed by atoms with Gasteiger partial charge in [0.2, 0.25) is 0 Å². The Hall–Kier alpha value is -2.84. The third-order valence-corrected chi connectivity index (χ3v) is 5.75. The minimum atomic E-state index is -0.669. The summed E-state index contributed by atoms with van der Waals surface area (Å²) in [5, 5.41) is 15.6. The minimum absolute atomic E-state index is 0.118. The van der Waals surface area contributed by atoms with Crippen LogP contribution in [0, 0.1) is 0 Å². The van der Waals surface area contributed by atoms with Crippen molar-refractivity contribution in [2.24, 2.45) is 5.16 Å². The number of aliphatic hydroxyl groups is 1. The third-order valence-electron chi connectivity index (χ3n) is 5.52. The van der Waals surface area contributed by atoms with Crippen molar-refractivity contribution in [1.29, 1.82) is 0 Å². The molecule has 4 rings (SSSR count). The molecule has 34 heavy (non-hydrogen) atoms. The highest BCUT2D eigenvalue weighted by atomic mass is 35.5. The highest BCUT2D eigenvalue weighted by Crippen LogP contribution is 2.21. The van der Waals surface area contributed by atoms with E-state index in [0.717, 1.165) is 28.3 Å². The fraction of sp³-hybridized carbons (Fsp3) is 0.346. The molecular weight excluding hydrogens is 456 g/mol. The van der Waals surface area contributed by atoms with Gasteiger partial charge in [-0.3, -0.25) is 4.90 Å². The van der Waals surface area contributed by atoms with Crippen LogP contribution in [0.25, 0.3) is 0 Å². The first-order valence-corrected chi connectivity index (χ1v) is 11.6. The summed E-state index contributed by atoms with van der Waals surface area (Å²) in [6.07, 6.45) is 1.50. The second-order valence-electron chi connectivity index (χ2n) is 8.27. The van der Waals surface area contributed by atoms with Crippen LogP contribution in [0.3, 0.4) is 0 Å². The molecule has 0 radical (unpaired) electrons. The number of hydrogen-bond donors (Lipinski definition) is 1. The van der Waals surface area contributed by atoms with Crippen LogP contribution in [0.5, 0.6) is 5.75 Å². The van der Waals surface area contributed by atoms with Gasteiger partial charge in [-0.25, -0.2) is 0 Å². The molecule has 0 bridgehead atoms. The van der Waals surface area contributed by atoms with Crippen molar-refractivity contribution in [3.8, 4) is 5.75 Å². The van der Waals surface area contributed by atoms with E-state index in [1.807, 2.05) is 60.7 Å². The third kappa shape index (κ3) is 7.08. The van der Waals surface area contributed by atoms with E-state index in [1.54, 1.807) is 13.4 Å². The van der Waals surface area contributed by atoms with Gasteiger partial charge >= 0.3 is 0 Å². The maximum Gasteiger partial charge on any atom is 0.145 e. The number of hydrogen-bond acceptors (Lipinski definition) is 7. The quantitative estimate of drug-likeness (QED) is 0.407. The molecule has 2 atom stereocenters. The standard InChI is InChI=1S/C26H29ClN2O5/c1-31-23-9-7-20(8-10-23)26-13-25(34-28-26)16-29(14-19-4-2-5-21(27)12-19)15-22(30)17-32-18-24-6-3-11-33-24/h2-12,22,25,30H,13-18H2,1H3/t22-,25+/m1/s1. The summed E-state index contributed by atoms with van der Waals surface area (Å²) in [7, 11) is 1.65. The first kappa shape index (κ1) is 24.3.